The normalized spacial score (nSPS) is 26.6. The van der Waals surface area contributed by atoms with Crippen LogP contribution in [0.25, 0.3) is 0 Å². The topological polar surface area (TPSA) is 66.4 Å². The van der Waals surface area contributed by atoms with Gasteiger partial charge in [-0.15, -0.1) is 0 Å². The van der Waals surface area contributed by atoms with E-state index < -0.39 is 23.3 Å². The Labute approximate surface area is 109 Å². The Morgan fingerprint density at radius 1 is 1.32 bits per heavy atom. The Kier molecular flexibility index (Phi) is 2.59. The number of aliphatic carboxylic acids is 1. The summed E-state index contributed by atoms with van der Waals surface area (Å²) in [5, 5.41) is 11.7. The third kappa shape index (κ3) is 2.20. The molecule has 2 atom stereocenters. The van der Waals surface area contributed by atoms with Crippen molar-refractivity contribution in [1.82, 2.24) is 5.32 Å². The van der Waals surface area contributed by atoms with Gasteiger partial charge in [0.1, 0.15) is 5.82 Å². The zero-order valence-electron chi connectivity index (χ0n) is 10.2. The molecular formula is C14H14FNO3. The monoisotopic (exact) mass is 263 g/mol. The van der Waals surface area contributed by atoms with Crippen LogP contribution in [-0.2, 0) is 15.1 Å². The van der Waals surface area contributed by atoms with Gasteiger partial charge in [-0.05, 0) is 37.0 Å². The van der Waals surface area contributed by atoms with Crippen LogP contribution in [0.2, 0.25) is 0 Å². The molecule has 2 aliphatic carbocycles. The molecule has 19 heavy (non-hydrogen) atoms. The lowest BCUT2D eigenvalue weighted by atomic mass is 10.0. The SMILES string of the molecule is O=C(O)[C@H]1C[C@@H]1C(=O)NC1(c2cccc(F)c2)CC1. The fourth-order valence-electron chi connectivity index (χ4n) is 2.48. The van der Waals surface area contributed by atoms with E-state index in [9.17, 15) is 14.0 Å². The summed E-state index contributed by atoms with van der Waals surface area (Å²) in [6, 6.07) is 6.20. The largest absolute Gasteiger partial charge is 0.481 e. The van der Waals surface area contributed by atoms with Gasteiger partial charge in [-0.2, -0.15) is 0 Å². The van der Waals surface area contributed by atoms with E-state index in [-0.39, 0.29) is 11.7 Å². The average molecular weight is 263 g/mol. The van der Waals surface area contributed by atoms with Crippen LogP contribution < -0.4 is 5.32 Å². The molecule has 2 fully saturated rings. The van der Waals surface area contributed by atoms with Crippen molar-refractivity contribution in [2.24, 2.45) is 11.8 Å². The highest BCUT2D eigenvalue weighted by Crippen LogP contribution is 2.47. The van der Waals surface area contributed by atoms with Gasteiger partial charge >= 0.3 is 5.97 Å². The van der Waals surface area contributed by atoms with E-state index in [4.69, 9.17) is 5.11 Å². The molecule has 2 aliphatic rings. The number of carbonyl (C=O) groups excluding carboxylic acids is 1. The van der Waals surface area contributed by atoms with Gasteiger partial charge in [0.25, 0.3) is 0 Å². The summed E-state index contributed by atoms with van der Waals surface area (Å²) in [6.45, 7) is 0. The van der Waals surface area contributed by atoms with Crippen molar-refractivity contribution in [3.63, 3.8) is 0 Å². The Morgan fingerprint density at radius 2 is 2.05 bits per heavy atom. The van der Waals surface area contributed by atoms with Crippen LogP contribution in [-0.4, -0.2) is 17.0 Å². The highest BCUT2D eigenvalue weighted by molar-refractivity contribution is 5.90. The Morgan fingerprint density at radius 3 is 2.58 bits per heavy atom. The summed E-state index contributed by atoms with van der Waals surface area (Å²) < 4.78 is 13.2. The van der Waals surface area contributed by atoms with E-state index in [0.29, 0.717) is 6.42 Å². The molecule has 0 bridgehead atoms. The van der Waals surface area contributed by atoms with Gasteiger partial charge in [0.15, 0.2) is 0 Å². The van der Waals surface area contributed by atoms with Gasteiger partial charge < -0.3 is 10.4 Å². The summed E-state index contributed by atoms with van der Waals surface area (Å²) in [5.74, 6) is -2.45. The second-order valence-electron chi connectivity index (χ2n) is 5.37. The number of nitrogens with one attached hydrogen (secondary N) is 1. The quantitative estimate of drug-likeness (QED) is 0.868. The van der Waals surface area contributed by atoms with E-state index in [0.717, 1.165) is 18.4 Å². The molecule has 5 heteroatoms. The molecule has 2 saturated carbocycles. The zero-order chi connectivity index (χ0) is 13.6. The Hall–Kier alpha value is -1.91. The number of carbonyl (C=O) groups is 2. The maximum absolute atomic E-state index is 13.2. The number of benzene rings is 1. The third-order valence-corrected chi connectivity index (χ3v) is 3.93. The summed E-state index contributed by atoms with van der Waals surface area (Å²) in [7, 11) is 0. The standard InChI is InChI=1S/C14H14FNO3/c15-9-3-1-2-8(6-9)14(4-5-14)16-12(17)10-7-11(10)13(18)19/h1-3,6,10-11H,4-5,7H2,(H,16,17)(H,18,19)/t10-,11-/m0/s1. The minimum absolute atomic E-state index is 0.228. The molecule has 100 valence electrons. The highest BCUT2D eigenvalue weighted by Gasteiger charge is 2.53. The van der Waals surface area contributed by atoms with Crippen molar-refractivity contribution < 1.29 is 19.1 Å². The van der Waals surface area contributed by atoms with E-state index in [1.807, 2.05) is 0 Å². The smallest absolute Gasteiger partial charge is 0.307 e. The first kappa shape index (κ1) is 12.1. The number of carboxylic acid groups (broad SMARTS) is 1. The Balaban J connectivity index is 1.70. The first-order valence-electron chi connectivity index (χ1n) is 6.33. The molecule has 2 N–H and O–H groups in total. The van der Waals surface area contributed by atoms with Crippen molar-refractivity contribution >= 4 is 11.9 Å². The maximum atomic E-state index is 13.2. The van der Waals surface area contributed by atoms with Crippen molar-refractivity contribution in [3.8, 4) is 0 Å². The number of amides is 1. The van der Waals surface area contributed by atoms with E-state index in [1.165, 1.54) is 12.1 Å². The second kappa shape index (κ2) is 4.05. The lowest BCUT2D eigenvalue weighted by Crippen LogP contribution is -2.36. The lowest BCUT2D eigenvalue weighted by molar-refractivity contribution is -0.140. The van der Waals surface area contributed by atoms with Crippen molar-refractivity contribution in [2.45, 2.75) is 24.8 Å². The van der Waals surface area contributed by atoms with Gasteiger partial charge in [-0.3, -0.25) is 9.59 Å². The van der Waals surface area contributed by atoms with Crippen LogP contribution in [0.15, 0.2) is 24.3 Å². The van der Waals surface area contributed by atoms with Gasteiger partial charge in [0, 0.05) is 0 Å². The second-order valence-corrected chi connectivity index (χ2v) is 5.37. The molecule has 1 amide bonds. The van der Waals surface area contributed by atoms with E-state index in [1.54, 1.807) is 12.1 Å². The van der Waals surface area contributed by atoms with Gasteiger partial charge in [-0.1, -0.05) is 12.1 Å². The lowest BCUT2D eigenvalue weighted by Gasteiger charge is -2.18. The fourth-order valence-corrected chi connectivity index (χ4v) is 2.48. The highest BCUT2D eigenvalue weighted by atomic mass is 19.1. The molecule has 0 aliphatic heterocycles. The number of rotatable bonds is 4. The average Bonchev–Trinajstić information content (AvgIpc) is 3.23. The summed E-state index contributed by atoms with van der Waals surface area (Å²) in [4.78, 5) is 22.7. The molecule has 1 aromatic rings. The number of carboxylic acids is 1. The van der Waals surface area contributed by atoms with Crippen molar-refractivity contribution in [1.29, 1.82) is 0 Å². The summed E-state index contributed by atoms with van der Waals surface area (Å²) in [6.07, 6.45) is 1.94. The van der Waals surface area contributed by atoms with E-state index >= 15 is 0 Å². The molecule has 0 saturated heterocycles. The third-order valence-electron chi connectivity index (χ3n) is 3.93. The van der Waals surface area contributed by atoms with Crippen LogP contribution in [0.1, 0.15) is 24.8 Å². The summed E-state index contributed by atoms with van der Waals surface area (Å²) in [5.41, 5.74) is 0.276. The van der Waals surface area contributed by atoms with Crippen molar-refractivity contribution in [3.05, 3.63) is 35.6 Å². The maximum Gasteiger partial charge on any atom is 0.307 e. The Bertz CT molecular complexity index is 553. The molecule has 0 unspecified atom stereocenters. The molecule has 1 aromatic carbocycles. The molecule has 3 rings (SSSR count). The van der Waals surface area contributed by atoms with Crippen LogP contribution in [0.4, 0.5) is 4.39 Å². The minimum atomic E-state index is -0.921. The predicted molar refractivity (Wildman–Crippen MR) is 64.7 cm³/mol. The molecular weight excluding hydrogens is 249 g/mol. The van der Waals surface area contributed by atoms with Crippen LogP contribution in [0.5, 0.6) is 0 Å². The van der Waals surface area contributed by atoms with Crippen LogP contribution in [0.3, 0.4) is 0 Å². The van der Waals surface area contributed by atoms with Gasteiger partial charge in [-0.25, -0.2) is 4.39 Å². The zero-order valence-corrected chi connectivity index (χ0v) is 10.2. The summed E-state index contributed by atoms with van der Waals surface area (Å²) >= 11 is 0. The first-order chi connectivity index (χ1) is 9.02. The van der Waals surface area contributed by atoms with Crippen LogP contribution >= 0.6 is 0 Å². The molecule has 4 nitrogen and oxygen atoms in total. The molecule has 0 aromatic heterocycles. The van der Waals surface area contributed by atoms with Gasteiger partial charge in [0.2, 0.25) is 5.91 Å². The van der Waals surface area contributed by atoms with E-state index in [2.05, 4.69) is 5.32 Å². The number of hydrogen-bond acceptors (Lipinski definition) is 2. The van der Waals surface area contributed by atoms with Gasteiger partial charge in [0.05, 0.1) is 17.4 Å². The van der Waals surface area contributed by atoms with Crippen LogP contribution in [0, 0.1) is 17.7 Å². The molecule has 0 heterocycles. The predicted octanol–water partition coefficient (Wildman–Crippen LogP) is 1.65. The van der Waals surface area contributed by atoms with Crippen molar-refractivity contribution in [2.75, 3.05) is 0 Å². The first-order valence-corrected chi connectivity index (χ1v) is 6.33. The number of hydrogen-bond donors (Lipinski definition) is 2. The minimum Gasteiger partial charge on any atom is -0.481 e. The fraction of sp³-hybridized carbons (Fsp3) is 0.429. The molecule has 0 spiro atoms. The molecule has 0 radical (unpaired) electrons. The number of halogens is 1.